The molecule has 1 amide bonds. The van der Waals surface area contributed by atoms with E-state index in [9.17, 15) is 9.18 Å². The summed E-state index contributed by atoms with van der Waals surface area (Å²) in [7, 11) is 0. The summed E-state index contributed by atoms with van der Waals surface area (Å²) in [4.78, 5) is 11.8. The molecule has 0 radical (unpaired) electrons. The molecule has 1 saturated carbocycles. The molecule has 2 rings (SSSR count). The maximum atomic E-state index is 13.8. The van der Waals surface area contributed by atoms with Gasteiger partial charge in [0.1, 0.15) is 0 Å². The van der Waals surface area contributed by atoms with Crippen LogP contribution in [0.4, 0.5) is 4.39 Å². The van der Waals surface area contributed by atoms with E-state index in [1.165, 1.54) is 18.9 Å². The summed E-state index contributed by atoms with van der Waals surface area (Å²) in [6.07, 6.45) is 7.88. The predicted octanol–water partition coefficient (Wildman–Crippen LogP) is 3.84. The van der Waals surface area contributed by atoms with Crippen LogP contribution in [0.25, 0.3) is 6.08 Å². The number of amides is 1. The van der Waals surface area contributed by atoms with Crippen molar-refractivity contribution >= 4 is 12.0 Å². The quantitative estimate of drug-likeness (QED) is 0.650. The highest BCUT2D eigenvalue weighted by Gasteiger charge is 2.17. The smallest absolute Gasteiger partial charge is 0.280 e. The Balaban J connectivity index is 1.93. The van der Waals surface area contributed by atoms with Crippen LogP contribution in [-0.4, -0.2) is 11.9 Å². The molecular formula is C16H20FNO. The first-order valence-electron chi connectivity index (χ1n) is 6.99. The van der Waals surface area contributed by atoms with Gasteiger partial charge in [-0.15, -0.1) is 0 Å². The molecule has 0 unspecified atom stereocenters. The van der Waals surface area contributed by atoms with Gasteiger partial charge in [-0.25, -0.2) is 4.39 Å². The molecule has 0 saturated heterocycles. The molecule has 0 heterocycles. The van der Waals surface area contributed by atoms with E-state index in [0.717, 1.165) is 25.7 Å². The Hall–Kier alpha value is -1.64. The Morgan fingerprint density at radius 3 is 2.37 bits per heavy atom. The summed E-state index contributed by atoms with van der Waals surface area (Å²) in [6, 6.07) is 9.19. The topological polar surface area (TPSA) is 29.1 Å². The van der Waals surface area contributed by atoms with Crippen LogP contribution in [0.1, 0.15) is 44.1 Å². The number of carbonyl (C=O) groups excluding carboxylic acids is 1. The van der Waals surface area contributed by atoms with Gasteiger partial charge in [-0.3, -0.25) is 4.79 Å². The minimum Gasteiger partial charge on any atom is -0.347 e. The number of benzene rings is 1. The van der Waals surface area contributed by atoms with Crippen LogP contribution in [0.3, 0.4) is 0 Å². The van der Waals surface area contributed by atoms with Crippen LogP contribution in [0.2, 0.25) is 0 Å². The summed E-state index contributed by atoms with van der Waals surface area (Å²) in [6.45, 7) is 0. The molecule has 0 bridgehead atoms. The first-order chi connectivity index (χ1) is 9.25. The van der Waals surface area contributed by atoms with E-state index in [1.54, 1.807) is 12.1 Å². The zero-order valence-electron chi connectivity index (χ0n) is 11.1. The highest BCUT2D eigenvalue weighted by atomic mass is 19.1. The van der Waals surface area contributed by atoms with Gasteiger partial charge >= 0.3 is 0 Å². The van der Waals surface area contributed by atoms with E-state index in [-0.39, 0.29) is 6.04 Å². The number of hydrogen-bond acceptors (Lipinski definition) is 1. The Kier molecular flexibility index (Phi) is 5.13. The predicted molar refractivity (Wildman–Crippen MR) is 75.2 cm³/mol. The molecule has 1 fully saturated rings. The van der Waals surface area contributed by atoms with Gasteiger partial charge in [0.15, 0.2) is 5.83 Å². The summed E-state index contributed by atoms with van der Waals surface area (Å²) in [5, 5.41) is 2.80. The van der Waals surface area contributed by atoms with Gasteiger partial charge in [-0.05, 0) is 24.5 Å². The van der Waals surface area contributed by atoms with Crippen molar-refractivity contribution in [2.45, 2.75) is 44.6 Å². The highest BCUT2D eigenvalue weighted by molar-refractivity contribution is 5.95. The van der Waals surface area contributed by atoms with E-state index < -0.39 is 11.7 Å². The van der Waals surface area contributed by atoms with Crippen molar-refractivity contribution < 1.29 is 9.18 Å². The lowest BCUT2D eigenvalue weighted by atomic mass is 10.1. The Bertz CT molecular complexity index is 433. The van der Waals surface area contributed by atoms with Crippen molar-refractivity contribution in [3.05, 3.63) is 41.7 Å². The monoisotopic (exact) mass is 261 g/mol. The lowest BCUT2D eigenvalue weighted by molar-refractivity contribution is -0.119. The number of hydrogen-bond donors (Lipinski definition) is 1. The Morgan fingerprint density at radius 1 is 1.11 bits per heavy atom. The fourth-order valence-electron chi connectivity index (χ4n) is 2.44. The molecule has 3 heteroatoms. The van der Waals surface area contributed by atoms with Crippen LogP contribution in [0.15, 0.2) is 36.2 Å². The van der Waals surface area contributed by atoms with E-state index in [4.69, 9.17) is 0 Å². The first kappa shape index (κ1) is 13.8. The van der Waals surface area contributed by atoms with Gasteiger partial charge in [-0.2, -0.15) is 0 Å². The summed E-state index contributed by atoms with van der Waals surface area (Å²) in [5.74, 6) is -1.30. The second-order valence-corrected chi connectivity index (χ2v) is 5.06. The Labute approximate surface area is 113 Å². The molecule has 1 N–H and O–H groups in total. The zero-order chi connectivity index (χ0) is 13.5. The third kappa shape index (κ3) is 4.51. The minimum atomic E-state index is -0.713. The normalized spacial score (nSPS) is 17.8. The SMILES string of the molecule is O=C(NC1CCCCCC1)C(F)=Cc1ccccc1. The maximum absolute atomic E-state index is 13.8. The molecule has 19 heavy (non-hydrogen) atoms. The standard InChI is InChI=1S/C16H20FNO/c17-15(12-13-8-4-3-5-9-13)16(19)18-14-10-6-1-2-7-11-14/h3-5,8-9,12,14H,1-2,6-7,10-11H2,(H,18,19). The molecular weight excluding hydrogens is 241 g/mol. The molecule has 0 aliphatic heterocycles. The lowest BCUT2D eigenvalue weighted by Crippen LogP contribution is -2.34. The maximum Gasteiger partial charge on any atom is 0.280 e. The van der Waals surface area contributed by atoms with E-state index in [0.29, 0.717) is 5.56 Å². The summed E-state index contributed by atoms with van der Waals surface area (Å²) >= 11 is 0. The molecule has 0 spiro atoms. The molecule has 2 nitrogen and oxygen atoms in total. The fraction of sp³-hybridized carbons (Fsp3) is 0.438. The van der Waals surface area contributed by atoms with Gasteiger partial charge in [0, 0.05) is 6.04 Å². The van der Waals surface area contributed by atoms with Gasteiger partial charge < -0.3 is 5.32 Å². The van der Waals surface area contributed by atoms with Gasteiger partial charge in [-0.1, -0.05) is 56.0 Å². The second-order valence-electron chi connectivity index (χ2n) is 5.06. The highest BCUT2D eigenvalue weighted by Crippen LogP contribution is 2.18. The number of rotatable bonds is 3. The molecule has 1 aliphatic rings. The molecule has 0 aromatic heterocycles. The largest absolute Gasteiger partial charge is 0.347 e. The molecule has 102 valence electrons. The summed E-state index contributed by atoms with van der Waals surface area (Å²) in [5.41, 5.74) is 0.705. The second kappa shape index (κ2) is 7.07. The third-order valence-corrected chi connectivity index (χ3v) is 3.50. The summed E-state index contributed by atoms with van der Waals surface area (Å²) < 4.78 is 13.8. The van der Waals surface area contributed by atoms with E-state index in [2.05, 4.69) is 5.32 Å². The van der Waals surface area contributed by atoms with Crippen molar-refractivity contribution in [2.75, 3.05) is 0 Å². The number of nitrogens with one attached hydrogen (secondary N) is 1. The van der Waals surface area contributed by atoms with Crippen LogP contribution >= 0.6 is 0 Å². The Morgan fingerprint density at radius 2 is 1.74 bits per heavy atom. The third-order valence-electron chi connectivity index (χ3n) is 3.50. The lowest BCUT2D eigenvalue weighted by Gasteiger charge is -2.15. The number of halogens is 1. The van der Waals surface area contributed by atoms with Crippen molar-refractivity contribution in [1.29, 1.82) is 0 Å². The van der Waals surface area contributed by atoms with Crippen LogP contribution in [0.5, 0.6) is 0 Å². The van der Waals surface area contributed by atoms with Crippen LogP contribution < -0.4 is 5.32 Å². The van der Waals surface area contributed by atoms with Crippen molar-refractivity contribution in [3.8, 4) is 0 Å². The molecule has 1 aromatic rings. The van der Waals surface area contributed by atoms with Crippen molar-refractivity contribution in [1.82, 2.24) is 5.32 Å². The number of carbonyl (C=O) groups is 1. The van der Waals surface area contributed by atoms with E-state index in [1.807, 2.05) is 18.2 Å². The molecule has 1 aromatic carbocycles. The van der Waals surface area contributed by atoms with E-state index >= 15 is 0 Å². The average Bonchev–Trinajstić information content (AvgIpc) is 2.68. The minimum absolute atomic E-state index is 0.130. The fourth-order valence-corrected chi connectivity index (χ4v) is 2.44. The zero-order valence-corrected chi connectivity index (χ0v) is 11.1. The molecule has 0 atom stereocenters. The average molecular weight is 261 g/mol. The molecule has 1 aliphatic carbocycles. The van der Waals surface area contributed by atoms with Crippen molar-refractivity contribution in [2.24, 2.45) is 0 Å². The van der Waals surface area contributed by atoms with Crippen LogP contribution in [-0.2, 0) is 4.79 Å². The van der Waals surface area contributed by atoms with Gasteiger partial charge in [0.25, 0.3) is 5.91 Å². The first-order valence-corrected chi connectivity index (χ1v) is 6.99. The van der Waals surface area contributed by atoms with Crippen molar-refractivity contribution in [3.63, 3.8) is 0 Å². The van der Waals surface area contributed by atoms with Gasteiger partial charge in [0.2, 0.25) is 0 Å². The van der Waals surface area contributed by atoms with Crippen LogP contribution in [0, 0.1) is 0 Å². The van der Waals surface area contributed by atoms with Gasteiger partial charge in [0.05, 0.1) is 0 Å².